The Morgan fingerprint density at radius 3 is 2.50 bits per heavy atom. The molecule has 0 saturated heterocycles. The number of pyridine rings is 1. The van der Waals surface area contributed by atoms with Crippen LogP contribution in [0.5, 0.6) is 11.5 Å². The Labute approximate surface area is 258 Å². The van der Waals surface area contributed by atoms with Crippen LogP contribution in [0.1, 0.15) is 50.9 Å². The van der Waals surface area contributed by atoms with Gasteiger partial charge in [0.2, 0.25) is 5.95 Å². The van der Waals surface area contributed by atoms with E-state index in [9.17, 15) is 5.11 Å². The van der Waals surface area contributed by atoms with E-state index in [2.05, 4.69) is 45.5 Å². The number of aromatic nitrogens is 5. The minimum Gasteiger partial charge on any atom is -0.497 e. The van der Waals surface area contributed by atoms with E-state index in [0.717, 1.165) is 61.3 Å². The number of benzene rings is 1. The highest BCUT2D eigenvalue weighted by atomic mass is 16.5. The second-order valence-electron chi connectivity index (χ2n) is 11.5. The number of nitrogens with zero attached hydrogens (tertiary/aromatic N) is 6. The van der Waals surface area contributed by atoms with Crippen molar-refractivity contribution in [2.24, 2.45) is 0 Å². The minimum atomic E-state index is -0.569. The van der Waals surface area contributed by atoms with Gasteiger partial charge in [0.05, 0.1) is 31.9 Å². The molecule has 232 valence electrons. The molecule has 0 bridgehead atoms. The molecule has 3 aromatic heterocycles. The van der Waals surface area contributed by atoms with Gasteiger partial charge in [-0.05, 0) is 50.6 Å². The summed E-state index contributed by atoms with van der Waals surface area (Å²) in [5.41, 5.74) is 4.51. The van der Waals surface area contributed by atoms with Crippen LogP contribution < -0.4 is 20.1 Å². The van der Waals surface area contributed by atoms with Gasteiger partial charge < -0.3 is 30.1 Å². The predicted molar refractivity (Wildman–Crippen MR) is 174 cm³/mol. The van der Waals surface area contributed by atoms with Gasteiger partial charge in [0, 0.05) is 61.0 Å². The maximum atomic E-state index is 10.3. The maximum absolute atomic E-state index is 10.3. The van der Waals surface area contributed by atoms with Crippen molar-refractivity contribution in [1.82, 2.24) is 29.8 Å². The van der Waals surface area contributed by atoms with Crippen molar-refractivity contribution in [3.05, 3.63) is 60.3 Å². The molecule has 1 unspecified atom stereocenters. The third-order valence-corrected chi connectivity index (χ3v) is 8.00. The third kappa shape index (κ3) is 7.23. The average molecular weight is 599 g/mol. The van der Waals surface area contributed by atoms with Crippen molar-refractivity contribution in [3.63, 3.8) is 0 Å². The van der Waals surface area contributed by atoms with Crippen LogP contribution in [0.2, 0.25) is 0 Å². The summed E-state index contributed by atoms with van der Waals surface area (Å²) < 4.78 is 10.9. The first-order valence-corrected chi connectivity index (χ1v) is 15.1. The summed E-state index contributed by atoms with van der Waals surface area (Å²) in [6.07, 6.45) is 11.4. The molecule has 4 aromatic rings. The van der Waals surface area contributed by atoms with Gasteiger partial charge >= 0.3 is 0 Å². The Morgan fingerprint density at radius 1 is 1.02 bits per heavy atom. The Balaban J connectivity index is 1.48. The molecule has 0 radical (unpaired) electrons. The van der Waals surface area contributed by atoms with Crippen LogP contribution in [-0.2, 0) is 6.54 Å². The Kier molecular flexibility index (Phi) is 9.86. The summed E-state index contributed by atoms with van der Waals surface area (Å²) in [7, 11) is 5.37. The van der Waals surface area contributed by atoms with E-state index in [1.807, 2.05) is 43.6 Å². The zero-order valence-corrected chi connectivity index (χ0v) is 26.2. The van der Waals surface area contributed by atoms with Crippen molar-refractivity contribution in [2.45, 2.75) is 51.6 Å². The lowest BCUT2D eigenvalue weighted by Gasteiger charge is -2.29. The lowest BCUT2D eigenvalue weighted by atomic mass is 9.96. The first-order chi connectivity index (χ1) is 21.3. The van der Waals surface area contributed by atoms with Crippen molar-refractivity contribution >= 4 is 28.4 Å². The van der Waals surface area contributed by atoms with Crippen molar-refractivity contribution in [2.75, 3.05) is 51.6 Å². The second kappa shape index (κ2) is 14.0. The van der Waals surface area contributed by atoms with Gasteiger partial charge in [-0.1, -0.05) is 25.8 Å². The number of methoxy groups -OCH3 is 2. The molecular weight excluding hydrogens is 556 g/mol. The summed E-state index contributed by atoms with van der Waals surface area (Å²) in [6.45, 7) is 6.42. The van der Waals surface area contributed by atoms with Gasteiger partial charge in [0.25, 0.3) is 0 Å². The molecule has 11 nitrogen and oxygen atoms in total. The molecular formula is C33H42N8O3. The summed E-state index contributed by atoms with van der Waals surface area (Å²) in [5.74, 6) is 3.16. The van der Waals surface area contributed by atoms with Gasteiger partial charge in [-0.3, -0.25) is 4.98 Å². The van der Waals surface area contributed by atoms with Gasteiger partial charge in [-0.2, -0.15) is 4.98 Å². The molecule has 0 aliphatic carbocycles. The van der Waals surface area contributed by atoms with Crippen LogP contribution in [0.3, 0.4) is 0 Å². The third-order valence-electron chi connectivity index (χ3n) is 8.00. The first-order valence-electron chi connectivity index (χ1n) is 15.1. The topological polar surface area (TPSA) is 130 Å². The molecule has 0 saturated carbocycles. The standard InChI is InChI=1S/C33H42N8O3/c1-6-7-12-33(2,21-42)40-31-29-27(38-32(39-31)37-17-23-8-9-26(43-4)16-28(23)44-5)15-24(18-34-29)25-19-35-30(36-20-25)22-10-13-41(3)14-11-22/h8-10,15-16,18-20,42H,6-7,11-14,17,21H2,1-5H3,(H2,37,38,39,40). The van der Waals surface area contributed by atoms with E-state index in [0.29, 0.717) is 40.8 Å². The van der Waals surface area contributed by atoms with Crippen LogP contribution in [-0.4, -0.2) is 81.4 Å². The van der Waals surface area contributed by atoms with E-state index in [1.54, 1.807) is 20.4 Å². The zero-order chi connectivity index (χ0) is 31.1. The molecule has 44 heavy (non-hydrogen) atoms. The number of ether oxygens (including phenoxy) is 2. The van der Waals surface area contributed by atoms with E-state index >= 15 is 0 Å². The second-order valence-corrected chi connectivity index (χ2v) is 11.5. The minimum absolute atomic E-state index is 0.0429. The monoisotopic (exact) mass is 598 g/mol. The number of anilines is 2. The molecule has 1 atom stereocenters. The van der Waals surface area contributed by atoms with Crippen molar-refractivity contribution in [3.8, 4) is 22.6 Å². The van der Waals surface area contributed by atoms with Crippen molar-refractivity contribution < 1.29 is 14.6 Å². The van der Waals surface area contributed by atoms with Gasteiger partial charge in [0.1, 0.15) is 17.0 Å². The SMILES string of the molecule is CCCCC(C)(CO)Nc1nc(NCc2ccc(OC)cc2OC)nc2cc(-c3cnc(C4=CCN(C)CC4)nc3)cnc12. The number of hydrogen-bond donors (Lipinski definition) is 3. The molecule has 5 rings (SSSR count). The Hall–Kier alpha value is -4.35. The number of aliphatic hydroxyl groups excluding tert-OH is 1. The highest BCUT2D eigenvalue weighted by molar-refractivity contribution is 5.89. The van der Waals surface area contributed by atoms with Gasteiger partial charge in [-0.15, -0.1) is 0 Å². The highest BCUT2D eigenvalue weighted by Crippen LogP contribution is 2.30. The summed E-state index contributed by atoms with van der Waals surface area (Å²) >= 11 is 0. The molecule has 1 aliphatic rings. The van der Waals surface area contributed by atoms with Gasteiger partial charge in [-0.25, -0.2) is 15.0 Å². The summed E-state index contributed by atoms with van der Waals surface area (Å²) in [5, 5.41) is 17.1. The molecule has 1 aliphatic heterocycles. The van der Waals surface area contributed by atoms with E-state index in [-0.39, 0.29) is 6.61 Å². The quantitative estimate of drug-likeness (QED) is 0.188. The molecule has 4 heterocycles. The molecule has 0 spiro atoms. The predicted octanol–water partition coefficient (Wildman–Crippen LogP) is 5.18. The fraction of sp³-hybridized carbons (Fsp3) is 0.424. The summed E-state index contributed by atoms with van der Waals surface area (Å²) in [4.78, 5) is 26.0. The largest absolute Gasteiger partial charge is 0.497 e. The Bertz CT molecular complexity index is 1610. The normalized spacial score (nSPS) is 15.0. The smallest absolute Gasteiger partial charge is 0.225 e. The van der Waals surface area contributed by atoms with E-state index in [1.165, 1.54) is 5.57 Å². The van der Waals surface area contributed by atoms with Gasteiger partial charge in [0.15, 0.2) is 11.6 Å². The number of nitrogens with one attached hydrogen (secondary N) is 2. The molecule has 3 N–H and O–H groups in total. The lowest BCUT2D eigenvalue weighted by Crippen LogP contribution is -2.39. The molecule has 0 fully saturated rings. The fourth-order valence-corrected chi connectivity index (χ4v) is 5.17. The number of unbranched alkanes of at least 4 members (excludes halogenated alkanes) is 1. The van der Waals surface area contributed by atoms with E-state index < -0.39 is 5.54 Å². The molecule has 1 aromatic carbocycles. The molecule has 11 heteroatoms. The number of hydrogen-bond acceptors (Lipinski definition) is 11. The Morgan fingerprint density at radius 2 is 1.82 bits per heavy atom. The first kappa shape index (κ1) is 31.1. The van der Waals surface area contributed by atoms with Crippen molar-refractivity contribution in [1.29, 1.82) is 0 Å². The number of aliphatic hydroxyl groups is 1. The van der Waals surface area contributed by atoms with Crippen LogP contribution in [0.25, 0.3) is 27.7 Å². The van der Waals surface area contributed by atoms with E-state index in [4.69, 9.17) is 24.4 Å². The van der Waals surface area contributed by atoms with Crippen LogP contribution in [0, 0.1) is 0 Å². The number of rotatable bonds is 13. The number of likely N-dealkylation sites (N-methyl/N-ethyl adjacent to an activating group) is 1. The molecule has 0 amide bonds. The average Bonchev–Trinajstić information content (AvgIpc) is 3.06. The maximum Gasteiger partial charge on any atom is 0.225 e. The lowest BCUT2D eigenvalue weighted by molar-refractivity contribution is 0.212. The van der Waals surface area contributed by atoms with Crippen LogP contribution in [0.4, 0.5) is 11.8 Å². The fourth-order valence-electron chi connectivity index (χ4n) is 5.17. The zero-order valence-electron chi connectivity index (χ0n) is 26.2. The van der Waals surface area contributed by atoms with Crippen LogP contribution >= 0.6 is 0 Å². The number of fused-ring (bicyclic) bond motifs is 1. The highest BCUT2D eigenvalue weighted by Gasteiger charge is 2.25. The van der Waals surface area contributed by atoms with Crippen LogP contribution in [0.15, 0.2) is 48.9 Å². The summed E-state index contributed by atoms with van der Waals surface area (Å²) in [6, 6.07) is 7.66.